The Morgan fingerprint density at radius 1 is 1.30 bits per heavy atom. The van der Waals surface area contributed by atoms with Crippen molar-refractivity contribution in [2.45, 2.75) is 77.6 Å². The summed E-state index contributed by atoms with van der Waals surface area (Å²) < 4.78 is 22.5. The molecular weight excluding hydrogens is 305 g/mol. The number of hydrogen-bond acceptors (Lipinski definition) is 2. The summed E-state index contributed by atoms with van der Waals surface area (Å²) in [7, 11) is -2.93. The van der Waals surface area contributed by atoms with Crippen molar-refractivity contribution in [2.24, 2.45) is 0 Å². The molecule has 0 spiro atoms. The van der Waals surface area contributed by atoms with Crippen LogP contribution in [0.3, 0.4) is 0 Å². The summed E-state index contributed by atoms with van der Waals surface area (Å²) in [6, 6.07) is 10.3. The minimum Gasteiger partial charge on any atom is -0.314 e. The van der Waals surface area contributed by atoms with Gasteiger partial charge in [0, 0.05) is 12.1 Å². The van der Waals surface area contributed by atoms with Crippen LogP contribution in [0.15, 0.2) is 30.3 Å². The van der Waals surface area contributed by atoms with Gasteiger partial charge in [0.25, 0.3) is 7.52 Å². The molecule has 1 aromatic carbocycles. The highest BCUT2D eigenvalue weighted by atomic mass is 31.2. The zero-order valence-corrected chi connectivity index (χ0v) is 16.2. The maximum absolute atomic E-state index is 14.1. The van der Waals surface area contributed by atoms with Crippen LogP contribution in [0, 0.1) is 0 Å². The molecule has 23 heavy (non-hydrogen) atoms. The summed E-state index contributed by atoms with van der Waals surface area (Å²) in [4.78, 5) is 0. The van der Waals surface area contributed by atoms with Crippen molar-refractivity contribution < 1.29 is 9.09 Å². The molecule has 1 heterocycles. The Morgan fingerprint density at radius 2 is 1.96 bits per heavy atom. The van der Waals surface area contributed by atoms with Gasteiger partial charge in [0.15, 0.2) is 0 Å². The second-order valence-corrected chi connectivity index (χ2v) is 10.1. The summed E-state index contributed by atoms with van der Waals surface area (Å²) in [5, 5.41) is 0. The predicted octanol–water partition coefficient (Wildman–Crippen LogP) is 6.02. The van der Waals surface area contributed by atoms with E-state index >= 15 is 0 Å². The molecule has 1 aliphatic rings. The van der Waals surface area contributed by atoms with E-state index < -0.39 is 7.52 Å². The van der Waals surface area contributed by atoms with Crippen molar-refractivity contribution in [3.63, 3.8) is 0 Å². The molecule has 1 saturated heterocycles. The molecule has 0 N–H and O–H groups in total. The monoisotopic (exact) mass is 337 g/mol. The van der Waals surface area contributed by atoms with Gasteiger partial charge in [-0.1, -0.05) is 50.1 Å². The minimum absolute atomic E-state index is 0.0365. The van der Waals surface area contributed by atoms with E-state index in [0.717, 1.165) is 37.8 Å². The first-order chi connectivity index (χ1) is 10.8. The predicted molar refractivity (Wildman–Crippen MR) is 97.9 cm³/mol. The molecule has 0 aromatic heterocycles. The van der Waals surface area contributed by atoms with Crippen molar-refractivity contribution >= 4 is 7.52 Å². The SMILES string of the molecule is CCCC[C@H](c1ccccc1)P1(=O)O[C@@H](C)CCN1C(C)(C)C. The van der Waals surface area contributed by atoms with Gasteiger partial charge in [0.1, 0.15) is 0 Å². The molecule has 130 valence electrons. The van der Waals surface area contributed by atoms with Gasteiger partial charge in [-0.2, -0.15) is 0 Å². The highest BCUT2D eigenvalue weighted by molar-refractivity contribution is 7.57. The minimum atomic E-state index is -2.93. The largest absolute Gasteiger partial charge is 0.314 e. The molecule has 0 radical (unpaired) electrons. The van der Waals surface area contributed by atoms with E-state index in [2.05, 4.69) is 51.4 Å². The Bertz CT molecular complexity index is 538. The summed E-state index contributed by atoms with van der Waals surface area (Å²) in [5.74, 6) is 0. The van der Waals surface area contributed by atoms with Crippen LogP contribution in [-0.2, 0) is 9.09 Å². The molecule has 0 aliphatic carbocycles. The Hall–Kier alpha value is -0.630. The number of rotatable bonds is 5. The Labute approximate surface area is 141 Å². The van der Waals surface area contributed by atoms with Crippen molar-refractivity contribution in [3.8, 4) is 0 Å². The van der Waals surface area contributed by atoms with E-state index in [0.29, 0.717) is 0 Å². The van der Waals surface area contributed by atoms with E-state index in [4.69, 9.17) is 4.52 Å². The summed E-state index contributed by atoms with van der Waals surface area (Å²) in [6.07, 6.45) is 4.09. The summed E-state index contributed by atoms with van der Waals surface area (Å²) in [6.45, 7) is 11.5. The Kier molecular flexibility index (Phi) is 6.10. The molecule has 2 rings (SSSR count). The lowest BCUT2D eigenvalue weighted by Crippen LogP contribution is -2.45. The molecule has 3 atom stereocenters. The van der Waals surface area contributed by atoms with Gasteiger partial charge in [0.05, 0.1) is 11.8 Å². The Balaban J connectivity index is 2.45. The number of benzene rings is 1. The fourth-order valence-corrected chi connectivity index (χ4v) is 6.90. The molecule has 3 nitrogen and oxygen atoms in total. The lowest BCUT2D eigenvalue weighted by atomic mass is 10.1. The van der Waals surface area contributed by atoms with Gasteiger partial charge in [-0.3, -0.25) is 4.57 Å². The zero-order chi connectivity index (χ0) is 17.1. The fraction of sp³-hybridized carbons (Fsp3) is 0.684. The van der Waals surface area contributed by atoms with Crippen molar-refractivity contribution in [2.75, 3.05) is 6.54 Å². The second kappa shape index (κ2) is 7.51. The first kappa shape index (κ1) is 18.7. The van der Waals surface area contributed by atoms with Gasteiger partial charge in [0.2, 0.25) is 0 Å². The van der Waals surface area contributed by atoms with E-state index in [-0.39, 0.29) is 17.3 Å². The van der Waals surface area contributed by atoms with Crippen molar-refractivity contribution in [3.05, 3.63) is 35.9 Å². The lowest BCUT2D eigenvalue weighted by Gasteiger charge is -2.48. The van der Waals surface area contributed by atoms with E-state index in [9.17, 15) is 4.57 Å². The average molecular weight is 337 g/mol. The first-order valence-electron chi connectivity index (χ1n) is 8.90. The summed E-state index contributed by atoms with van der Waals surface area (Å²) in [5.41, 5.74) is 0.952. The van der Waals surface area contributed by atoms with Gasteiger partial charge in [-0.15, -0.1) is 0 Å². The van der Waals surface area contributed by atoms with Crippen LogP contribution >= 0.6 is 7.52 Å². The molecule has 4 heteroatoms. The molecule has 1 aliphatic heterocycles. The Morgan fingerprint density at radius 3 is 2.52 bits per heavy atom. The van der Waals surface area contributed by atoms with Gasteiger partial charge in [-0.05, 0) is 46.1 Å². The zero-order valence-electron chi connectivity index (χ0n) is 15.3. The normalized spacial score (nSPS) is 27.8. The average Bonchev–Trinajstić information content (AvgIpc) is 2.47. The van der Waals surface area contributed by atoms with Crippen LogP contribution in [0.25, 0.3) is 0 Å². The van der Waals surface area contributed by atoms with Crippen LogP contribution in [0.4, 0.5) is 0 Å². The maximum atomic E-state index is 14.1. The molecule has 0 amide bonds. The van der Waals surface area contributed by atoms with Gasteiger partial charge >= 0.3 is 0 Å². The van der Waals surface area contributed by atoms with Crippen LogP contribution in [-0.4, -0.2) is 22.9 Å². The first-order valence-corrected chi connectivity index (χ1v) is 10.5. The molecular formula is C19H32NO2P. The van der Waals surface area contributed by atoms with Crippen LogP contribution in [0.2, 0.25) is 0 Å². The van der Waals surface area contributed by atoms with Gasteiger partial charge in [-0.25, -0.2) is 4.67 Å². The summed E-state index contributed by atoms with van der Waals surface area (Å²) >= 11 is 0. The highest BCUT2D eigenvalue weighted by Crippen LogP contribution is 2.68. The van der Waals surface area contributed by atoms with Crippen LogP contribution in [0.1, 0.15) is 71.5 Å². The number of unbranched alkanes of at least 4 members (excludes halogenated alkanes) is 1. The third-order valence-corrected chi connectivity index (χ3v) is 8.08. The molecule has 0 saturated carbocycles. The number of hydrogen-bond donors (Lipinski definition) is 0. The molecule has 0 bridgehead atoms. The molecule has 1 fully saturated rings. The lowest BCUT2D eigenvalue weighted by molar-refractivity contribution is 0.0949. The smallest absolute Gasteiger partial charge is 0.280 e. The van der Waals surface area contributed by atoms with E-state index in [1.54, 1.807) is 0 Å². The quantitative estimate of drug-likeness (QED) is 0.615. The highest BCUT2D eigenvalue weighted by Gasteiger charge is 2.48. The van der Waals surface area contributed by atoms with E-state index in [1.165, 1.54) is 0 Å². The second-order valence-electron chi connectivity index (χ2n) is 7.63. The van der Waals surface area contributed by atoms with Crippen molar-refractivity contribution in [1.29, 1.82) is 0 Å². The molecule has 1 unspecified atom stereocenters. The third-order valence-electron chi connectivity index (χ3n) is 4.60. The van der Waals surface area contributed by atoms with Crippen LogP contribution in [0.5, 0.6) is 0 Å². The fourth-order valence-electron chi connectivity index (χ4n) is 3.40. The maximum Gasteiger partial charge on any atom is 0.280 e. The van der Waals surface area contributed by atoms with E-state index in [1.807, 2.05) is 18.2 Å². The van der Waals surface area contributed by atoms with Crippen LogP contribution < -0.4 is 0 Å². The molecule has 1 aromatic rings. The topological polar surface area (TPSA) is 29.5 Å². The van der Waals surface area contributed by atoms with Gasteiger partial charge < -0.3 is 4.52 Å². The standard InChI is InChI=1S/C19H32NO2P/c1-6-7-13-18(17-11-9-8-10-12-17)23(21)20(19(3,4)5)15-14-16(2)22-23/h8-12,16,18H,6-7,13-15H2,1-5H3/t16-,18+,23?/m0/s1. The number of nitrogens with zero attached hydrogens (tertiary/aromatic N) is 1. The third kappa shape index (κ3) is 4.26. The van der Waals surface area contributed by atoms with Crippen molar-refractivity contribution in [1.82, 2.24) is 4.67 Å².